The van der Waals surface area contributed by atoms with Crippen LogP contribution in [-0.2, 0) is 22.7 Å². The second-order valence-electron chi connectivity index (χ2n) is 9.79. The van der Waals surface area contributed by atoms with E-state index in [9.17, 15) is 19.2 Å². The highest BCUT2D eigenvalue weighted by Gasteiger charge is 2.16. The summed E-state index contributed by atoms with van der Waals surface area (Å²) in [4.78, 5) is 57.4. The molecule has 0 fully saturated rings. The molecule has 2 heterocycles. The van der Waals surface area contributed by atoms with E-state index < -0.39 is 0 Å². The molecule has 0 spiro atoms. The Bertz CT molecular complexity index is 1550. The number of carbonyl (C=O) groups is 4. The summed E-state index contributed by atoms with van der Waals surface area (Å²) in [5.41, 5.74) is 6.82. The Morgan fingerprint density at radius 2 is 1.02 bits per heavy atom. The van der Waals surface area contributed by atoms with Crippen molar-refractivity contribution in [3.05, 3.63) is 107 Å². The number of benzene rings is 2. The number of anilines is 2. The predicted molar refractivity (Wildman–Crippen MR) is 177 cm³/mol. The molecule has 4 amide bonds. The summed E-state index contributed by atoms with van der Waals surface area (Å²) in [6.45, 7) is 4.48. The topological polar surface area (TPSA) is 142 Å². The fraction of sp³-hybridized carbons (Fsp3) is 0.188. The Balaban J connectivity index is 1.46. The first kappa shape index (κ1) is 32.5. The first-order valence-electron chi connectivity index (χ1n) is 13.6. The zero-order chi connectivity index (χ0) is 31.6. The molecule has 0 aliphatic heterocycles. The van der Waals surface area contributed by atoms with Crippen LogP contribution < -0.4 is 21.3 Å². The van der Waals surface area contributed by atoms with Gasteiger partial charge in [0.05, 0.1) is 10.7 Å². The molecule has 0 aliphatic rings. The van der Waals surface area contributed by atoms with E-state index in [2.05, 4.69) is 63.1 Å². The first-order valence-corrected chi connectivity index (χ1v) is 15.8. The molecule has 0 aliphatic carbocycles. The first-order chi connectivity index (χ1) is 21.2. The maximum Gasteiger partial charge on any atom is 0.274 e. The molecule has 226 valence electrons. The summed E-state index contributed by atoms with van der Waals surface area (Å²) in [6.07, 6.45) is 3.12. The molecule has 4 N–H and O–H groups in total. The summed E-state index contributed by atoms with van der Waals surface area (Å²) in [5, 5.41) is 11.8. The summed E-state index contributed by atoms with van der Waals surface area (Å²) in [5.74, 6) is -0.990. The van der Waals surface area contributed by atoms with Crippen molar-refractivity contribution in [3.63, 3.8) is 0 Å². The fourth-order valence-corrected chi connectivity index (χ4v) is 4.72. The number of amides is 4. The van der Waals surface area contributed by atoms with Crippen LogP contribution in [0.5, 0.6) is 0 Å². The number of nitrogens with zero attached hydrogens (tertiary/aromatic N) is 2. The zero-order valence-electron chi connectivity index (χ0n) is 24.0. The van der Waals surface area contributed by atoms with Crippen molar-refractivity contribution >= 4 is 66.9 Å². The molecular weight excluding hydrogens is 692 g/mol. The van der Waals surface area contributed by atoms with Gasteiger partial charge in [-0.25, -0.2) is 0 Å². The normalized spacial score (nSPS) is 10.5. The lowest BCUT2D eigenvalue weighted by Crippen LogP contribution is -2.23. The van der Waals surface area contributed by atoms with E-state index in [1.165, 1.54) is 0 Å². The van der Waals surface area contributed by atoms with Gasteiger partial charge in [0.15, 0.2) is 0 Å². The van der Waals surface area contributed by atoms with Gasteiger partial charge in [-0.1, -0.05) is 68.3 Å². The lowest BCUT2D eigenvalue weighted by atomic mass is 9.94. The van der Waals surface area contributed by atoms with Crippen LogP contribution in [0, 0.1) is 13.8 Å². The quantitative estimate of drug-likeness (QED) is 0.155. The Labute approximate surface area is 271 Å². The van der Waals surface area contributed by atoms with Gasteiger partial charge < -0.3 is 21.3 Å². The van der Waals surface area contributed by atoms with Gasteiger partial charge in [-0.05, 0) is 71.5 Å². The van der Waals surface area contributed by atoms with Crippen molar-refractivity contribution in [1.82, 2.24) is 20.6 Å². The lowest BCUT2D eigenvalue weighted by molar-refractivity contribution is -0.119. The van der Waals surface area contributed by atoms with E-state index >= 15 is 0 Å². The molecule has 0 atom stereocenters. The summed E-state index contributed by atoms with van der Waals surface area (Å²) in [7, 11) is 0. The van der Waals surface area contributed by atoms with Crippen LogP contribution in [0.4, 0.5) is 11.4 Å². The van der Waals surface area contributed by atoms with Gasteiger partial charge in [0, 0.05) is 36.9 Å². The Hall–Kier alpha value is -4.42. The molecule has 0 bridgehead atoms. The van der Waals surface area contributed by atoms with Crippen molar-refractivity contribution in [2.24, 2.45) is 0 Å². The van der Waals surface area contributed by atoms with Gasteiger partial charge >= 0.3 is 0 Å². The van der Waals surface area contributed by atoms with E-state index in [1.54, 1.807) is 36.7 Å². The molecule has 10 nitrogen and oxygen atoms in total. The minimum atomic E-state index is -0.358. The van der Waals surface area contributed by atoms with Gasteiger partial charge in [-0.15, -0.1) is 0 Å². The maximum absolute atomic E-state index is 13.0. The van der Waals surface area contributed by atoms with E-state index in [4.69, 9.17) is 0 Å². The smallest absolute Gasteiger partial charge is 0.274 e. The van der Waals surface area contributed by atoms with Crippen LogP contribution >= 0.6 is 31.9 Å². The lowest BCUT2D eigenvalue weighted by Gasteiger charge is -2.17. The highest BCUT2D eigenvalue weighted by Crippen LogP contribution is 2.34. The van der Waals surface area contributed by atoms with E-state index in [1.807, 2.05) is 50.2 Å². The Morgan fingerprint density at radius 3 is 1.36 bits per heavy atom. The molecule has 0 saturated carbocycles. The molecular formula is C32H30Br2N6O4. The molecule has 2 aromatic carbocycles. The molecule has 0 radical (unpaired) electrons. The number of halogens is 2. The number of rotatable bonds is 11. The number of hydrogen-bond acceptors (Lipinski definition) is 6. The van der Waals surface area contributed by atoms with E-state index in [-0.39, 0.29) is 45.7 Å². The standard InChI is InChI=1S/C32H30Br2N6O4/c1-19-23(5-3-7-25(19)39-31(43)27-11-9-21(15-35-27)17-37-29(41)13-33)24-6-4-8-26(20(24)2)40-32(44)28-12-10-22(16-36-28)18-38-30(42)14-34/h3-12,15-16H,13-14,17-18H2,1-2H3,(H,37,41)(H,38,42)(H,39,43)(H,40,44). The summed E-state index contributed by atoms with van der Waals surface area (Å²) >= 11 is 6.21. The monoisotopic (exact) mass is 720 g/mol. The van der Waals surface area contributed by atoms with E-state index in [0.29, 0.717) is 24.5 Å². The molecule has 0 saturated heterocycles. The van der Waals surface area contributed by atoms with Crippen LogP contribution in [0.2, 0.25) is 0 Å². The van der Waals surface area contributed by atoms with Gasteiger partial charge in [-0.3, -0.25) is 29.1 Å². The summed E-state index contributed by atoms with van der Waals surface area (Å²) in [6, 6.07) is 18.0. The highest BCUT2D eigenvalue weighted by molar-refractivity contribution is 9.09. The second-order valence-corrected chi connectivity index (χ2v) is 10.9. The molecule has 44 heavy (non-hydrogen) atoms. The van der Waals surface area contributed by atoms with Gasteiger partial charge in [0.1, 0.15) is 11.4 Å². The minimum absolute atomic E-state index is 0.137. The summed E-state index contributed by atoms with van der Waals surface area (Å²) < 4.78 is 0. The third kappa shape index (κ3) is 8.35. The third-order valence-electron chi connectivity index (χ3n) is 6.79. The van der Waals surface area contributed by atoms with Crippen LogP contribution in [0.15, 0.2) is 73.1 Å². The van der Waals surface area contributed by atoms with Gasteiger partial charge in [0.25, 0.3) is 11.8 Å². The average Bonchev–Trinajstić information content (AvgIpc) is 3.05. The Morgan fingerprint density at radius 1 is 0.614 bits per heavy atom. The predicted octanol–water partition coefficient (Wildman–Crippen LogP) is 5.29. The van der Waals surface area contributed by atoms with Gasteiger partial charge in [-0.2, -0.15) is 0 Å². The van der Waals surface area contributed by atoms with Crippen LogP contribution in [0.1, 0.15) is 43.2 Å². The average molecular weight is 722 g/mol. The molecule has 2 aromatic heterocycles. The fourth-order valence-electron chi connectivity index (χ4n) is 4.32. The SMILES string of the molecule is Cc1c(NC(=O)c2ccc(CNC(=O)CBr)cn2)cccc1-c1cccc(NC(=O)c2ccc(CNC(=O)CBr)cn2)c1C. The number of carbonyl (C=O) groups excluding carboxylic acids is 4. The van der Waals surface area contributed by atoms with Crippen LogP contribution in [-0.4, -0.2) is 44.3 Å². The molecule has 0 unspecified atom stereocenters. The number of alkyl halides is 2. The van der Waals surface area contributed by atoms with Crippen molar-refractivity contribution < 1.29 is 19.2 Å². The van der Waals surface area contributed by atoms with Gasteiger partial charge in [0.2, 0.25) is 11.8 Å². The van der Waals surface area contributed by atoms with Crippen molar-refractivity contribution in [2.75, 3.05) is 21.3 Å². The number of pyridine rings is 2. The second kappa shape index (κ2) is 15.3. The number of aromatic nitrogens is 2. The van der Waals surface area contributed by atoms with Crippen molar-refractivity contribution in [3.8, 4) is 11.1 Å². The highest BCUT2D eigenvalue weighted by atomic mass is 79.9. The minimum Gasteiger partial charge on any atom is -0.351 e. The molecule has 4 aromatic rings. The molecule has 12 heteroatoms. The van der Waals surface area contributed by atoms with Crippen LogP contribution in [0.25, 0.3) is 11.1 Å². The molecule has 4 rings (SSSR count). The van der Waals surface area contributed by atoms with E-state index in [0.717, 1.165) is 33.4 Å². The van der Waals surface area contributed by atoms with Crippen molar-refractivity contribution in [2.45, 2.75) is 26.9 Å². The van der Waals surface area contributed by atoms with Crippen molar-refractivity contribution in [1.29, 1.82) is 0 Å². The third-order valence-corrected chi connectivity index (χ3v) is 7.81. The zero-order valence-corrected chi connectivity index (χ0v) is 27.2. The number of hydrogen-bond donors (Lipinski definition) is 4. The van der Waals surface area contributed by atoms with Crippen LogP contribution in [0.3, 0.4) is 0 Å². The Kier molecular flexibility index (Phi) is 11.3. The maximum atomic E-state index is 13.0. The largest absolute Gasteiger partial charge is 0.351 e. The number of nitrogens with one attached hydrogen (secondary N) is 4.